The van der Waals surface area contributed by atoms with Crippen molar-refractivity contribution in [2.45, 2.75) is 33.2 Å². The summed E-state index contributed by atoms with van der Waals surface area (Å²) in [5.41, 5.74) is 2.92. The molecule has 1 saturated heterocycles. The lowest BCUT2D eigenvalue weighted by atomic mass is 9.91. The fraction of sp³-hybridized carbons (Fsp3) is 0.304. The Morgan fingerprint density at radius 2 is 1.74 bits per heavy atom. The van der Waals surface area contributed by atoms with Gasteiger partial charge in [-0.25, -0.2) is 4.79 Å². The summed E-state index contributed by atoms with van der Waals surface area (Å²) in [5.74, 6) is -1.92. The van der Waals surface area contributed by atoms with E-state index in [2.05, 4.69) is 10.6 Å². The summed E-state index contributed by atoms with van der Waals surface area (Å²) < 4.78 is 4.97. The van der Waals surface area contributed by atoms with E-state index in [0.29, 0.717) is 11.3 Å². The highest BCUT2D eigenvalue weighted by atomic mass is 16.5. The predicted molar refractivity (Wildman–Crippen MR) is 114 cm³/mol. The molecule has 0 radical (unpaired) electrons. The molecular weight excluding hydrogens is 398 g/mol. The number of amides is 4. The molecule has 3 rings (SSSR count). The largest absolute Gasteiger partial charge is 0.454 e. The molecule has 0 saturated carbocycles. The monoisotopic (exact) mass is 423 g/mol. The van der Waals surface area contributed by atoms with Crippen LogP contribution < -0.4 is 10.6 Å². The first-order valence-electron chi connectivity index (χ1n) is 9.85. The summed E-state index contributed by atoms with van der Waals surface area (Å²) in [6.45, 7) is 6.20. The highest BCUT2D eigenvalue weighted by Crippen LogP contribution is 2.29. The molecule has 1 heterocycles. The van der Waals surface area contributed by atoms with Gasteiger partial charge in [-0.1, -0.05) is 42.0 Å². The molecule has 0 aromatic heterocycles. The molecule has 0 spiro atoms. The first-order chi connectivity index (χ1) is 14.6. The number of hydrogen-bond acceptors (Lipinski definition) is 5. The van der Waals surface area contributed by atoms with Crippen molar-refractivity contribution in [3.63, 3.8) is 0 Å². The number of anilines is 1. The number of rotatable bonds is 6. The Hall–Kier alpha value is -3.68. The summed E-state index contributed by atoms with van der Waals surface area (Å²) in [6.07, 6.45) is 0. The number of esters is 1. The van der Waals surface area contributed by atoms with Gasteiger partial charge in [-0.15, -0.1) is 0 Å². The summed E-state index contributed by atoms with van der Waals surface area (Å²) in [4.78, 5) is 50.3. The van der Waals surface area contributed by atoms with Crippen molar-refractivity contribution in [2.24, 2.45) is 0 Å². The minimum atomic E-state index is -1.27. The van der Waals surface area contributed by atoms with Gasteiger partial charge < -0.3 is 15.4 Å². The van der Waals surface area contributed by atoms with Crippen molar-refractivity contribution in [3.8, 4) is 0 Å². The molecule has 2 N–H and O–H groups in total. The number of carbonyl (C=O) groups excluding carboxylic acids is 4. The molecule has 1 aliphatic rings. The van der Waals surface area contributed by atoms with Crippen molar-refractivity contribution in [1.29, 1.82) is 0 Å². The standard InChI is InChI=1S/C23H25N3O5/c1-14-8-10-17(11-9-14)23(4)21(29)26(22(30)25-23)12-20(28)31-13-19(27)24-18-7-5-6-15(2)16(18)3/h5-11H,12-13H2,1-4H3,(H,24,27)(H,25,30)/t23-/m1/s1. The lowest BCUT2D eigenvalue weighted by Gasteiger charge is -2.22. The van der Waals surface area contributed by atoms with Crippen molar-refractivity contribution >= 4 is 29.5 Å². The third-order valence-corrected chi connectivity index (χ3v) is 5.43. The molecule has 4 amide bonds. The molecule has 2 aromatic rings. The van der Waals surface area contributed by atoms with Gasteiger partial charge in [0.15, 0.2) is 6.61 Å². The third-order valence-electron chi connectivity index (χ3n) is 5.43. The van der Waals surface area contributed by atoms with Crippen LogP contribution in [0.25, 0.3) is 0 Å². The number of aryl methyl sites for hydroxylation is 2. The van der Waals surface area contributed by atoms with E-state index < -0.39 is 42.5 Å². The van der Waals surface area contributed by atoms with E-state index in [0.717, 1.165) is 21.6 Å². The number of carbonyl (C=O) groups is 4. The van der Waals surface area contributed by atoms with Gasteiger partial charge in [0, 0.05) is 5.69 Å². The zero-order valence-electron chi connectivity index (χ0n) is 17.9. The Balaban J connectivity index is 1.58. The maximum absolute atomic E-state index is 12.9. The van der Waals surface area contributed by atoms with Crippen LogP contribution in [0.5, 0.6) is 0 Å². The number of benzene rings is 2. The van der Waals surface area contributed by atoms with Gasteiger partial charge >= 0.3 is 12.0 Å². The second kappa shape index (κ2) is 8.59. The van der Waals surface area contributed by atoms with Crippen molar-refractivity contribution in [1.82, 2.24) is 10.2 Å². The Morgan fingerprint density at radius 1 is 1.06 bits per heavy atom. The maximum Gasteiger partial charge on any atom is 0.326 e. The summed E-state index contributed by atoms with van der Waals surface area (Å²) >= 11 is 0. The number of imide groups is 1. The van der Waals surface area contributed by atoms with Crippen LogP contribution in [0.1, 0.15) is 29.2 Å². The molecular formula is C23H25N3O5. The minimum absolute atomic E-state index is 0.510. The molecule has 1 atom stereocenters. The van der Waals surface area contributed by atoms with Gasteiger partial charge in [-0.2, -0.15) is 0 Å². The Labute approximate surface area is 180 Å². The molecule has 162 valence electrons. The molecule has 0 unspecified atom stereocenters. The second-order valence-corrected chi connectivity index (χ2v) is 7.77. The van der Waals surface area contributed by atoms with Gasteiger partial charge in [0.05, 0.1) is 0 Å². The predicted octanol–water partition coefficient (Wildman–Crippen LogP) is 2.56. The van der Waals surface area contributed by atoms with Crippen molar-refractivity contribution in [3.05, 3.63) is 64.7 Å². The van der Waals surface area contributed by atoms with Crippen LogP contribution in [0.3, 0.4) is 0 Å². The van der Waals surface area contributed by atoms with Crippen molar-refractivity contribution < 1.29 is 23.9 Å². The van der Waals surface area contributed by atoms with E-state index in [1.165, 1.54) is 0 Å². The van der Waals surface area contributed by atoms with Crippen LogP contribution in [0.4, 0.5) is 10.5 Å². The molecule has 1 fully saturated rings. The maximum atomic E-state index is 12.9. The molecule has 0 aliphatic carbocycles. The van der Waals surface area contributed by atoms with Crippen LogP contribution >= 0.6 is 0 Å². The van der Waals surface area contributed by atoms with Gasteiger partial charge in [0.25, 0.3) is 11.8 Å². The highest BCUT2D eigenvalue weighted by molar-refractivity contribution is 6.09. The van der Waals surface area contributed by atoms with E-state index >= 15 is 0 Å². The molecule has 8 heteroatoms. The molecule has 1 aliphatic heterocycles. The van der Waals surface area contributed by atoms with E-state index in [1.54, 1.807) is 25.1 Å². The van der Waals surface area contributed by atoms with Gasteiger partial charge in [-0.05, 0) is 50.5 Å². The summed E-state index contributed by atoms with van der Waals surface area (Å²) in [7, 11) is 0. The molecule has 2 aromatic carbocycles. The summed E-state index contributed by atoms with van der Waals surface area (Å²) in [6, 6.07) is 12.0. The van der Waals surface area contributed by atoms with Crippen LogP contribution in [0.2, 0.25) is 0 Å². The molecule has 0 bridgehead atoms. The number of nitrogens with one attached hydrogen (secondary N) is 2. The number of ether oxygens (including phenoxy) is 1. The zero-order valence-corrected chi connectivity index (χ0v) is 17.9. The average Bonchev–Trinajstić information content (AvgIpc) is 2.94. The molecule has 31 heavy (non-hydrogen) atoms. The van der Waals surface area contributed by atoms with E-state index in [4.69, 9.17) is 4.74 Å². The number of hydrogen-bond donors (Lipinski definition) is 2. The smallest absolute Gasteiger partial charge is 0.326 e. The van der Waals surface area contributed by atoms with Gasteiger partial charge in [0.1, 0.15) is 12.1 Å². The van der Waals surface area contributed by atoms with Crippen molar-refractivity contribution in [2.75, 3.05) is 18.5 Å². The Kier molecular flexibility index (Phi) is 6.10. The fourth-order valence-corrected chi connectivity index (χ4v) is 3.32. The van der Waals surface area contributed by atoms with Crippen LogP contribution in [0, 0.1) is 20.8 Å². The summed E-state index contributed by atoms with van der Waals surface area (Å²) in [5, 5.41) is 5.31. The zero-order chi connectivity index (χ0) is 22.8. The Morgan fingerprint density at radius 3 is 2.42 bits per heavy atom. The lowest BCUT2D eigenvalue weighted by molar-refractivity contribution is -0.150. The normalized spacial score (nSPS) is 18.0. The minimum Gasteiger partial charge on any atom is -0.454 e. The highest BCUT2D eigenvalue weighted by Gasteiger charge is 2.49. The second-order valence-electron chi connectivity index (χ2n) is 7.77. The van der Waals surface area contributed by atoms with Crippen LogP contribution in [-0.4, -0.2) is 41.9 Å². The lowest BCUT2D eigenvalue weighted by Crippen LogP contribution is -2.41. The Bertz CT molecular complexity index is 1050. The quantitative estimate of drug-likeness (QED) is 0.549. The average molecular weight is 423 g/mol. The molecule has 8 nitrogen and oxygen atoms in total. The van der Waals surface area contributed by atoms with Crippen LogP contribution in [0.15, 0.2) is 42.5 Å². The number of urea groups is 1. The van der Waals surface area contributed by atoms with E-state index in [9.17, 15) is 19.2 Å². The van der Waals surface area contributed by atoms with Gasteiger partial charge in [0.2, 0.25) is 0 Å². The van der Waals surface area contributed by atoms with Crippen LogP contribution in [-0.2, 0) is 24.7 Å². The first kappa shape index (κ1) is 22.0. The van der Waals surface area contributed by atoms with E-state index in [-0.39, 0.29) is 0 Å². The number of nitrogens with zero attached hydrogens (tertiary/aromatic N) is 1. The third kappa shape index (κ3) is 4.58. The topological polar surface area (TPSA) is 105 Å². The van der Waals surface area contributed by atoms with E-state index in [1.807, 2.05) is 45.0 Å². The SMILES string of the molecule is Cc1ccc([C@@]2(C)NC(=O)N(CC(=O)OCC(=O)Nc3cccc(C)c3C)C2=O)cc1. The van der Waals surface area contributed by atoms with Gasteiger partial charge in [-0.3, -0.25) is 19.3 Å². The fourth-order valence-electron chi connectivity index (χ4n) is 3.32. The first-order valence-corrected chi connectivity index (χ1v) is 9.85.